The molecule has 3 heterocycles. The second-order valence-corrected chi connectivity index (χ2v) is 6.97. The monoisotopic (exact) mass is 393 g/mol. The highest BCUT2D eigenvalue weighted by Gasteiger charge is 2.23. The van der Waals surface area contributed by atoms with Gasteiger partial charge in [-0.2, -0.15) is 4.98 Å². The van der Waals surface area contributed by atoms with E-state index in [9.17, 15) is 4.79 Å². The summed E-state index contributed by atoms with van der Waals surface area (Å²) in [5.74, 6) is 0.824. The molecule has 1 aromatic carbocycles. The first-order chi connectivity index (χ1) is 14.1. The third-order valence-corrected chi connectivity index (χ3v) is 5.03. The quantitative estimate of drug-likeness (QED) is 0.712. The molecule has 0 bridgehead atoms. The van der Waals surface area contributed by atoms with Gasteiger partial charge < -0.3 is 14.4 Å². The van der Waals surface area contributed by atoms with E-state index in [0.717, 1.165) is 30.8 Å². The molecule has 0 aliphatic carbocycles. The number of ether oxygens (including phenoxy) is 2. The number of rotatable bonds is 5. The molecule has 0 amide bonds. The van der Waals surface area contributed by atoms with E-state index in [1.807, 2.05) is 18.2 Å². The molecule has 0 radical (unpaired) electrons. The Morgan fingerprint density at radius 3 is 2.97 bits per heavy atom. The van der Waals surface area contributed by atoms with Crippen molar-refractivity contribution >= 4 is 5.69 Å². The average molecular weight is 393 g/mol. The fraction of sp³-hybridized carbons (Fsp3) is 0.333. The van der Waals surface area contributed by atoms with Gasteiger partial charge in [0.05, 0.1) is 19.3 Å². The number of anilines is 1. The minimum atomic E-state index is -0.232. The molecule has 8 heteroatoms. The van der Waals surface area contributed by atoms with Crippen LogP contribution >= 0.6 is 0 Å². The molecule has 0 saturated carbocycles. The van der Waals surface area contributed by atoms with Crippen LogP contribution in [0.2, 0.25) is 0 Å². The van der Waals surface area contributed by atoms with Crippen LogP contribution < -0.4 is 19.9 Å². The van der Waals surface area contributed by atoms with E-state index in [1.54, 1.807) is 26.3 Å². The largest absolute Gasteiger partial charge is 0.497 e. The van der Waals surface area contributed by atoms with Gasteiger partial charge in [-0.15, -0.1) is 0 Å². The first-order valence-electron chi connectivity index (χ1n) is 9.57. The van der Waals surface area contributed by atoms with Crippen molar-refractivity contribution in [2.45, 2.75) is 25.9 Å². The standard InChI is InChI=1S/C21H23N5O3/c1-14-19(18-8-9-22-13-23-18)24-21(25-20(14)27)29-17-7-4-10-26(12-17)15-5-3-6-16(11-15)28-2/h3,5-6,8-9,11,13,17H,4,7,10,12H2,1-2H3,(H,24,25,27). The van der Waals surface area contributed by atoms with Crippen molar-refractivity contribution in [3.63, 3.8) is 0 Å². The highest BCUT2D eigenvalue weighted by Crippen LogP contribution is 2.26. The number of piperidine rings is 1. The number of nitrogens with zero attached hydrogens (tertiary/aromatic N) is 4. The molecular formula is C21H23N5O3. The van der Waals surface area contributed by atoms with Crippen molar-refractivity contribution < 1.29 is 9.47 Å². The summed E-state index contributed by atoms with van der Waals surface area (Å²) < 4.78 is 11.4. The molecule has 1 N–H and O–H groups in total. The summed E-state index contributed by atoms with van der Waals surface area (Å²) in [6, 6.07) is 9.92. The van der Waals surface area contributed by atoms with Crippen molar-refractivity contribution in [3.05, 3.63) is 58.8 Å². The first-order valence-corrected chi connectivity index (χ1v) is 9.57. The van der Waals surface area contributed by atoms with Crippen molar-refractivity contribution in [1.29, 1.82) is 0 Å². The zero-order valence-corrected chi connectivity index (χ0v) is 16.5. The normalized spacial score (nSPS) is 16.5. The molecule has 4 rings (SSSR count). The Kier molecular flexibility index (Phi) is 5.41. The van der Waals surface area contributed by atoms with E-state index in [0.29, 0.717) is 23.5 Å². The Balaban J connectivity index is 1.54. The fourth-order valence-corrected chi connectivity index (χ4v) is 3.48. The van der Waals surface area contributed by atoms with Gasteiger partial charge in [-0.1, -0.05) is 6.07 Å². The Morgan fingerprint density at radius 2 is 2.17 bits per heavy atom. The maximum atomic E-state index is 12.4. The highest BCUT2D eigenvalue weighted by atomic mass is 16.5. The maximum Gasteiger partial charge on any atom is 0.297 e. The molecule has 1 fully saturated rings. The lowest BCUT2D eigenvalue weighted by Crippen LogP contribution is -2.41. The van der Waals surface area contributed by atoms with Gasteiger partial charge in [-0.05, 0) is 38.0 Å². The number of aromatic amines is 1. The van der Waals surface area contributed by atoms with E-state index in [2.05, 4.69) is 30.9 Å². The van der Waals surface area contributed by atoms with Crippen molar-refractivity contribution in [2.75, 3.05) is 25.1 Å². The number of nitrogens with one attached hydrogen (secondary N) is 1. The van der Waals surface area contributed by atoms with Gasteiger partial charge in [0.15, 0.2) is 0 Å². The second-order valence-electron chi connectivity index (χ2n) is 6.97. The van der Waals surface area contributed by atoms with E-state index < -0.39 is 0 Å². The zero-order valence-electron chi connectivity index (χ0n) is 16.5. The average Bonchev–Trinajstić information content (AvgIpc) is 2.77. The lowest BCUT2D eigenvalue weighted by Gasteiger charge is -2.34. The zero-order chi connectivity index (χ0) is 20.2. The van der Waals surface area contributed by atoms with Crippen LogP contribution in [0.25, 0.3) is 11.4 Å². The first kappa shape index (κ1) is 18.9. The molecular weight excluding hydrogens is 370 g/mol. The lowest BCUT2D eigenvalue weighted by atomic mass is 10.1. The summed E-state index contributed by atoms with van der Waals surface area (Å²) in [7, 11) is 1.66. The highest BCUT2D eigenvalue weighted by molar-refractivity contribution is 5.57. The summed E-state index contributed by atoms with van der Waals surface area (Å²) in [6.45, 7) is 3.36. The number of hydrogen-bond acceptors (Lipinski definition) is 7. The van der Waals surface area contributed by atoms with Crippen LogP contribution in [0, 0.1) is 6.92 Å². The summed E-state index contributed by atoms with van der Waals surface area (Å²) >= 11 is 0. The van der Waals surface area contributed by atoms with Crippen LogP contribution in [0.3, 0.4) is 0 Å². The van der Waals surface area contributed by atoms with Crippen LogP contribution in [0.4, 0.5) is 5.69 Å². The smallest absolute Gasteiger partial charge is 0.297 e. The summed E-state index contributed by atoms with van der Waals surface area (Å²) in [5.41, 5.74) is 2.45. The molecule has 29 heavy (non-hydrogen) atoms. The number of H-pyrrole nitrogens is 1. The Morgan fingerprint density at radius 1 is 1.28 bits per heavy atom. The molecule has 150 valence electrons. The number of methoxy groups -OCH3 is 1. The minimum absolute atomic E-state index is 0.0842. The Hall–Kier alpha value is -3.42. The van der Waals surface area contributed by atoms with Crippen LogP contribution in [0.1, 0.15) is 18.4 Å². The predicted molar refractivity (Wildman–Crippen MR) is 109 cm³/mol. The van der Waals surface area contributed by atoms with Crippen molar-refractivity contribution in [2.24, 2.45) is 0 Å². The third-order valence-electron chi connectivity index (χ3n) is 5.03. The Labute approximate surface area is 168 Å². The van der Waals surface area contributed by atoms with Gasteiger partial charge in [0.25, 0.3) is 11.6 Å². The van der Waals surface area contributed by atoms with Gasteiger partial charge in [-0.3, -0.25) is 9.78 Å². The summed E-state index contributed by atoms with van der Waals surface area (Å²) in [4.78, 5) is 30.0. The second kappa shape index (κ2) is 8.30. The van der Waals surface area contributed by atoms with Gasteiger partial charge in [0.1, 0.15) is 23.9 Å². The number of aromatic nitrogens is 4. The lowest BCUT2D eigenvalue weighted by molar-refractivity contribution is 0.164. The molecule has 8 nitrogen and oxygen atoms in total. The third kappa shape index (κ3) is 4.21. The van der Waals surface area contributed by atoms with E-state index >= 15 is 0 Å². The van der Waals surface area contributed by atoms with Gasteiger partial charge in [0, 0.05) is 30.1 Å². The van der Waals surface area contributed by atoms with E-state index in [4.69, 9.17) is 9.47 Å². The predicted octanol–water partition coefficient (Wildman–Crippen LogP) is 2.59. The van der Waals surface area contributed by atoms with Crippen LogP contribution in [0.5, 0.6) is 11.8 Å². The maximum absolute atomic E-state index is 12.4. The van der Waals surface area contributed by atoms with E-state index in [1.165, 1.54) is 6.33 Å². The van der Waals surface area contributed by atoms with Gasteiger partial charge >= 0.3 is 0 Å². The number of hydrogen-bond donors (Lipinski definition) is 1. The molecule has 1 unspecified atom stereocenters. The summed E-state index contributed by atoms with van der Waals surface area (Å²) in [6.07, 6.45) is 4.85. The van der Waals surface area contributed by atoms with Crippen LogP contribution in [-0.4, -0.2) is 46.2 Å². The molecule has 1 aliphatic rings. The number of benzene rings is 1. The van der Waals surface area contributed by atoms with Crippen molar-refractivity contribution in [1.82, 2.24) is 19.9 Å². The summed E-state index contributed by atoms with van der Waals surface area (Å²) in [5, 5.41) is 0. The topological polar surface area (TPSA) is 93.2 Å². The van der Waals surface area contributed by atoms with E-state index in [-0.39, 0.29) is 17.7 Å². The van der Waals surface area contributed by atoms with Crippen LogP contribution in [0.15, 0.2) is 47.7 Å². The molecule has 2 aromatic heterocycles. The van der Waals surface area contributed by atoms with Crippen LogP contribution in [-0.2, 0) is 0 Å². The minimum Gasteiger partial charge on any atom is -0.497 e. The SMILES string of the molecule is COc1cccc(N2CCCC(Oc3nc(-c4ccncn4)c(C)c(=O)[nH]3)C2)c1. The van der Waals surface area contributed by atoms with Gasteiger partial charge in [0.2, 0.25) is 0 Å². The molecule has 3 aromatic rings. The fourth-order valence-electron chi connectivity index (χ4n) is 3.48. The Bertz CT molecular complexity index is 1040. The molecule has 1 aliphatic heterocycles. The molecule has 0 spiro atoms. The van der Waals surface area contributed by atoms with Crippen molar-refractivity contribution in [3.8, 4) is 23.1 Å². The molecule has 1 atom stereocenters. The molecule has 1 saturated heterocycles. The van der Waals surface area contributed by atoms with Gasteiger partial charge in [-0.25, -0.2) is 9.97 Å².